The van der Waals surface area contributed by atoms with Crippen molar-refractivity contribution in [1.29, 1.82) is 0 Å². The first-order valence-electron chi connectivity index (χ1n) is 18.3. The van der Waals surface area contributed by atoms with Gasteiger partial charge in [-0.3, -0.25) is 9.80 Å². The highest BCUT2D eigenvalue weighted by Crippen LogP contribution is 2.17. The van der Waals surface area contributed by atoms with E-state index >= 15 is 0 Å². The van der Waals surface area contributed by atoms with Crippen molar-refractivity contribution in [2.24, 2.45) is 0 Å². The summed E-state index contributed by atoms with van der Waals surface area (Å²) in [5.74, 6) is 0. The molecule has 0 spiro atoms. The van der Waals surface area contributed by atoms with Crippen molar-refractivity contribution in [3.05, 3.63) is 35.4 Å². The first kappa shape index (κ1) is 37.2. The van der Waals surface area contributed by atoms with E-state index in [1.165, 1.54) is 154 Å². The summed E-state index contributed by atoms with van der Waals surface area (Å²) in [4.78, 5) is 5.35. The van der Waals surface area contributed by atoms with Crippen molar-refractivity contribution in [1.82, 2.24) is 9.80 Å². The Morgan fingerprint density at radius 2 is 0.650 bits per heavy atom. The molecule has 0 atom stereocenters. The summed E-state index contributed by atoms with van der Waals surface area (Å²) < 4.78 is 0. The molecular formula is C38H72N2. The highest BCUT2D eigenvalue weighted by molar-refractivity contribution is 5.27. The number of benzene rings is 1. The molecule has 0 bridgehead atoms. The van der Waals surface area contributed by atoms with Crippen LogP contribution in [0.1, 0.15) is 180 Å². The fraction of sp³-hybridized carbons (Fsp3) is 0.842. The third-order valence-corrected chi connectivity index (χ3v) is 8.96. The van der Waals surface area contributed by atoms with Crippen LogP contribution in [0, 0.1) is 0 Å². The van der Waals surface area contributed by atoms with Gasteiger partial charge in [-0.05, 0) is 50.1 Å². The Balaban J connectivity index is 2.23. The van der Waals surface area contributed by atoms with Crippen molar-refractivity contribution in [2.75, 3.05) is 26.2 Å². The Kier molecular flexibility index (Phi) is 26.3. The smallest absolute Gasteiger partial charge is 0.0236 e. The van der Waals surface area contributed by atoms with Crippen molar-refractivity contribution in [2.45, 2.75) is 182 Å². The maximum absolute atomic E-state index is 2.67. The number of nitrogens with zero attached hydrogens (tertiary/aromatic N) is 2. The van der Waals surface area contributed by atoms with Gasteiger partial charge >= 0.3 is 0 Å². The summed E-state index contributed by atoms with van der Waals surface area (Å²) in [5, 5.41) is 0. The molecule has 40 heavy (non-hydrogen) atoms. The van der Waals surface area contributed by atoms with E-state index in [2.05, 4.69) is 61.8 Å². The second kappa shape index (κ2) is 28.3. The number of rotatable bonds is 30. The molecule has 0 aliphatic heterocycles. The lowest BCUT2D eigenvalue weighted by atomic mass is 10.0. The number of hydrogen-bond acceptors (Lipinski definition) is 2. The summed E-state index contributed by atoms with van der Waals surface area (Å²) in [6.45, 7) is 16.3. The summed E-state index contributed by atoms with van der Waals surface area (Å²) >= 11 is 0. The Morgan fingerprint density at radius 1 is 0.375 bits per heavy atom. The second-order valence-electron chi connectivity index (χ2n) is 12.6. The van der Waals surface area contributed by atoms with E-state index in [1.54, 1.807) is 11.1 Å². The first-order chi connectivity index (χ1) is 19.7. The summed E-state index contributed by atoms with van der Waals surface area (Å²) in [6, 6.07) is 9.26. The summed E-state index contributed by atoms with van der Waals surface area (Å²) in [6.07, 6.45) is 31.3. The Labute approximate surface area is 253 Å². The predicted molar refractivity (Wildman–Crippen MR) is 181 cm³/mol. The summed E-state index contributed by atoms with van der Waals surface area (Å²) in [7, 11) is 0. The zero-order chi connectivity index (χ0) is 28.9. The van der Waals surface area contributed by atoms with Crippen LogP contribution in [0.3, 0.4) is 0 Å². The molecule has 0 fully saturated rings. The molecule has 1 aromatic carbocycles. The van der Waals surface area contributed by atoms with Gasteiger partial charge in [0, 0.05) is 13.1 Å². The fourth-order valence-electron chi connectivity index (χ4n) is 6.04. The maximum atomic E-state index is 2.67. The van der Waals surface area contributed by atoms with Crippen LogP contribution in [0.25, 0.3) is 0 Å². The zero-order valence-corrected chi connectivity index (χ0v) is 28.0. The lowest BCUT2D eigenvalue weighted by Crippen LogP contribution is -2.27. The van der Waals surface area contributed by atoms with Gasteiger partial charge < -0.3 is 0 Å². The lowest BCUT2D eigenvalue weighted by molar-refractivity contribution is 0.258. The largest absolute Gasteiger partial charge is 0.299 e. The van der Waals surface area contributed by atoms with E-state index in [0.717, 1.165) is 26.2 Å². The van der Waals surface area contributed by atoms with Gasteiger partial charge in [-0.2, -0.15) is 0 Å². The van der Waals surface area contributed by atoms with Crippen LogP contribution in [0.4, 0.5) is 0 Å². The topological polar surface area (TPSA) is 6.48 Å². The zero-order valence-electron chi connectivity index (χ0n) is 28.0. The third kappa shape index (κ3) is 20.9. The molecule has 2 heteroatoms. The highest BCUT2D eigenvalue weighted by atomic mass is 15.1. The van der Waals surface area contributed by atoms with Gasteiger partial charge in [0.15, 0.2) is 0 Å². The van der Waals surface area contributed by atoms with Gasteiger partial charge in [-0.1, -0.05) is 180 Å². The standard InChI is InChI=1S/C38H72N2/c1-5-9-11-13-15-17-19-21-23-25-29-33-39(7-3)35-37-31-27-28-32-38(37)36-40(8-4)34-30-26-24-22-20-18-16-14-12-10-6-2/h27-28,31-32H,5-26,29-30,33-36H2,1-4H3. The number of hydrogen-bond donors (Lipinski definition) is 0. The van der Waals surface area contributed by atoms with Crippen LogP contribution in [-0.4, -0.2) is 36.0 Å². The first-order valence-corrected chi connectivity index (χ1v) is 18.3. The number of unbranched alkanes of at least 4 members (excludes halogenated alkanes) is 20. The van der Waals surface area contributed by atoms with Gasteiger partial charge in [0.1, 0.15) is 0 Å². The predicted octanol–water partition coefficient (Wildman–Crippen LogP) is 12.0. The Bertz CT molecular complexity index is 587. The second-order valence-corrected chi connectivity index (χ2v) is 12.6. The van der Waals surface area contributed by atoms with Crippen LogP contribution >= 0.6 is 0 Å². The van der Waals surface area contributed by atoms with Gasteiger partial charge in [-0.25, -0.2) is 0 Å². The minimum atomic E-state index is 1.11. The van der Waals surface area contributed by atoms with Crippen LogP contribution < -0.4 is 0 Å². The van der Waals surface area contributed by atoms with E-state index in [4.69, 9.17) is 0 Å². The summed E-state index contributed by atoms with van der Waals surface area (Å²) in [5.41, 5.74) is 3.09. The minimum Gasteiger partial charge on any atom is -0.299 e. The molecule has 0 unspecified atom stereocenters. The van der Waals surface area contributed by atoms with Gasteiger partial charge in [0.2, 0.25) is 0 Å². The van der Waals surface area contributed by atoms with Crippen molar-refractivity contribution in [3.63, 3.8) is 0 Å². The van der Waals surface area contributed by atoms with E-state index in [9.17, 15) is 0 Å². The normalized spacial score (nSPS) is 11.8. The molecule has 0 amide bonds. The van der Waals surface area contributed by atoms with E-state index in [-0.39, 0.29) is 0 Å². The van der Waals surface area contributed by atoms with E-state index < -0.39 is 0 Å². The quantitative estimate of drug-likeness (QED) is 0.0869. The molecule has 0 saturated carbocycles. The van der Waals surface area contributed by atoms with Gasteiger partial charge in [-0.15, -0.1) is 0 Å². The van der Waals surface area contributed by atoms with Crippen LogP contribution in [0.15, 0.2) is 24.3 Å². The molecule has 0 heterocycles. The molecule has 1 rings (SSSR count). The van der Waals surface area contributed by atoms with Crippen LogP contribution in [-0.2, 0) is 13.1 Å². The minimum absolute atomic E-state index is 1.11. The Morgan fingerprint density at radius 3 is 0.925 bits per heavy atom. The molecule has 0 aliphatic carbocycles. The van der Waals surface area contributed by atoms with E-state index in [0.29, 0.717) is 0 Å². The molecule has 2 nitrogen and oxygen atoms in total. The molecule has 0 radical (unpaired) electrons. The highest BCUT2D eigenvalue weighted by Gasteiger charge is 2.11. The molecule has 0 aromatic heterocycles. The molecule has 1 aromatic rings. The molecular weight excluding hydrogens is 484 g/mol. The molecule has 0 aliphatic rings. The average Bonchev–Trinajstić information content (AvgIpc) is 2.98. The van der Waals surface area contributed by atoms with Gasteiger partial charge in [0.25, 0.3) is 0 Å². The fourth-order valence-corrected chi connectivity index (χ4v) is 6.04. The average molecular weight is 557 g/mol. The Hall–Kier alpha value is -0.860. The van der Waals surface area contributed by atoms with E-state index in [1.807, 2.05) is 0 Å². The van der Waals surface area contributed by atoms with Crippen LogP contribution in [0.2, 0.25) is 0 Å². The molecule has 0 N–H and O–H groups in total. The molecule has 0 saturated heterocycles. The SMILES string of the molecule is CCCCCCCCCCCCCN(CC)Cc1ccccc1CN(CC)CCCCCCCCCCCCC. The van der Waals surface area contributed by atoms with Crippen molar-refractivity contribution >= 4 is 0 Å². The van der Waals surface area contributed by atoms with Crippen LogP contribution in [0.5, 0.6) is 0 Å². The molecule has 234 valence electrons. The monoisotopic (exact) mass is 557 g/mol. The van der Waals surface area contributed by atoms with Gasteiger partial charge in [0.05, 0.1) is 0 Å². The maximum Gasteiger partial charge on any atom is 0.0236 e. The lowest BCUT2D eigenvalue weighted by Gasteiger charge is -2.25. The van der Waals surface area contributed by atoms with Crippen molar-refractivity contribution in [3.8, 4) is 0 Å². The van der Waals surface area contributed by atoms with Crippen molar-refractivity contribution < 1.29 is 0 Å². The third-order valence-electron chi connectivity index (χ3n) is 8.96.